The van der Waals surface area contributed by atoms with Gasteiger partial charge in [0.15, 0.2) is 5.52 Å². The highest BCUT2D eigenvalue weighted by molar-refractivity contribution is 5.72. The number of nitrogens with two attached hydrogens (primary N) is 1. The minimum atomic E-state index is -0.143. The van der Waals surface area contributed by atoms with Gasteiger partial charge >= 0.3 is 0 Å². The van der Waals surface area contributed by atoms with Crippen LogP contribution in [0.1, 0.15) is 19.9 Å². The maximum absolute atomic E-state index is 11.5. The molecule has 5 nitrogen and oxygen atoms in total. The van der Waals surface area contributed by atoms with Gasteiger partial charge in [0.25, 0.3) is 0 Å². The van der Waals surface area contributed by atoms with Crippen LogP contribution in [0.2, 0.25) is 0 Å². The molecule has 0 amide bonds. The number of aromatic amines is 1. The number of pyridine rings is 1. The number of imidazole rings is 1. The molecule has 74 valence electrons. The fourth-order valence-electron chi connectivity index (χ4n) is 1.44. The smallest absolute Gasteiger partial charge is 0.211 e. The van der Waals surface area contributed by atoms with Crippen molar-refractivity contribution in [2.45, 2.75) is 19.9 Å². The number of hydrogen-bond donors (Lipinski definition) is 2. The van der Waals surface area contributed by atoms with E-state index in [9.17, 15) is 4.79 Å². The first-order valence-corrected chi connectivity index (χ1v) is 4.45. The van der Waals surface area contributed by atoms with Crippen LogP contribution in [0.15, 0.2) is 17.2 Å². The molecule has 0 aliphatic heterocycles. The zero-order valence-electron chi connectivity index (χ0n) is 8.11. The number of hydrogen-bond acceptors (Lipinski definition) is 3. The largest absolute Gasteiger partial charge is 0.385 e. The quantitative estimate of drug-likeness (QED) is 0.704. The predicted octanol–water partition coefficient (Wildman–Crippen LogP) is 0.888. The van der Waals surface area contributed by atoms with Crippen molar-refractivity contribution in [2.75, 3.05) is 5.73 Å². The predicted molar refractivity (Wildman–Crippen MR) is 55.2 cm³/mol. The van der Waals surface area contributed by atoms with Crippen LogP contribution >= 0.6 is 0 Å². The molecule has 0 unspecified atom stereocenters. The fourth-order valence-corrected chi connectivity index (χ4v) is 1.44. The van der Waals surface area contributed by atoms with E-state index in [1.807, 2.05) is 18.4 Å². The van der Waals surface area contributed by atoms with E-state index in [1.165, 1.54) is 6.07 Å². The molecule has 0 saturated carbocycles. The molecular formula is C9H12N4O. The highest BCUT2D eigenvalue weighted by Crippen LogP contribution is 2.13. The molecule has 3 N–H and O–H groups in total. The summed E-state index contributed by atoms with van der Waals surface area (Å²) in [5, 5.41) is 0. The van der Waals surface area contributed by atoms with Crippen LogP contribution in [-0.4, -0.2) is 14.5 Å². The Morgan fingerprint density at radius 3 is 2.93 bits per heavy atom. The molecule has 14 heavy (non-hydrogen) atoms. The van der Waals surface area contributed by atoms with Gasteiger partial charge in [-0.1, -0.05) is 0 Å². The summed E-state index contributed by atoms with van der Waals surface area (Å²) in [5.74, 6) is 0.366. The van der Waals surface area contributed by atoms with Gasteiger partial charge in [-0.3, -0.25) is 4.79 Å². The van der Waals surface area contributed by atoms with Gasteiger partial charge in [-0.15, -0.1) is 0 Å². The van der Waals surface area contributed by atoms with Crippen LogP contribution in [0.25, 0.3) is 11.2 Å². The minimum Gasteiger partial charge on any atom is -0.385 e. The van der Waals surface area contributed by atoms with Crippen molar-refractivity contribution in [3.63, 3.8) is 0 Å². The van der Waals surface area contributed by atoms with Gasteiger partial charge in [0, 0.05) is 12.1 Å². The van der Waals surface area contributed by atoms with Crippen molar-refractivity contribution < 1.29 is 0 Å². The van der Waals surface area contributed by atoms with Crippen LogP contribution in [0, 0.1) is 0 Å². The third-order valence-electron chi connectivity index (χ3n) is 2.13. The number of H-pyrrole nitrogens is 1. The summed E-state index contributed by atoms with van der Waals surface area (Å²) in [6.07, 6.45) is 1.65. The number of anilines is 1. The fraction of sp³-hybridized carbons (Fsp3) is 0.333. The molecule has 2 heterocycles. The van der Waals surface area contributed by atoms with Crippen molar-refractivity contribution in [2.24, 2.45) is 0 Å². The van der Waals surface area contributed by atoms with E-state index >= 15 is 0 Å². The molecule has 0 radical (unpaired) electrons. The first-order chi connectivity index (χ1) is 6.59. The van der Waals surface area contributed by atoms with E-state index in [2.05, 4.69) is 9.97 Å². The SMILES string of the molecule is CC(C)n1cnc2c(=O)cc(N)[nH]c21. The number of fused-ring (bicyclic) bond motifs is 1. The van der Waals surface area contributed by atoms with Gasteiger partial charge in [-0.2, -0.15) is 0 Å². The van der Waals surface area contributed by atoms with Gasteiger partial charge < -0.3 is 15.3 Å². The Kier molecular flexibility index (Phi) is 1.80. The molecule has 0 bridgehead atoms. The summed E-state index contributed by atoms with van der Waals surface area (Å²) in [6, 6.07) is 1.59. The van der Waals surface area contributed by atoms with Crippen LogP contribution in [0.3, 0.4) is 0 Å². The molecule has 0 spiro atoms. The van der Waals surface area contributed by atoms with E-state index in [0.717, 1.165) is 0 Å². The van der Waals surface area contributed by atoms with Crippen molar-refractivity contribution in [1.82, 2.24) is 14.5 Å². The molecule has 2 rings (SSSR count). The third-order valence-corrected chi connectivity index (χ3v) is 2.13. The van der Waals surface area contributed by atoms with E-state index in [4.69, 9.17) is 5.73 Å². The molecular weight excluding hydrogens is 180 g/mol. The second-order valence-electron chi connectivity index (χ2n) is 3.53. The lowest BCUT2D eigenvalue weighted by molar-refractivity contribution is 0.613. The maximum Gasteiger partial charge on any atom is 0.211 e. The summed E-state index contributed by atoms with van der Waals surface area (Å²) in [5.41, 5.74) is 6.54. The minimum absolute atomic E-state index is 0.143. The molecule has 0 aromatic carbocycles. The van der Waals surface area contributed by atoms with E-state index in [-0.39, 0.29) is 11.5 Å². The Morgan fingerprint density at radius 2 is 2.29 bits per heavy atom. The molecule has 0 atom stereocenters. The van der Waals surface area contributed by atoms with E-state index in [1.54, 1.807) is 6.33 Å². The summed E-state index contributed by atoms with van der Waals surface area (Å²) < 4.78 is 1.88. The highest BCUT2D eigenvalue weighted by atomic mass is 16.1. The molecule has 0 fully saturated rings. The Labute approximate surface area is 80.6 Å². The zero-order valence-corrected chi connectivity index (χ0v) is 8.11. The normalized spacial score (nSPS) is 11.4. The standard InChI is InChI=1S/C9H12N4O/c1-5(2)13-4-11-8-6(14)3-7(10)12-9(8)13/h3-5H,1-2H3,(H3,10,12,14). The number of rotatable bonds is 1. The lowest BCUT2D eigenvalue weighted by Crippen LogP contribution is -2.07. The average molecular weight is 192 g/mol. The van der Waals surface area contributed by atoms with E-state index < -0.39 is 0 Å². The van der Waals surface area contributed by atoms with Crippen molar-refractivity contribution in [1.29, 1.82) is 0 Å². The van der Waals surface area contributed by atoms with Crippen molar-refractivity contribution in [3.05, 3.63) is 22.6 Å². The number of nitrogen functional groups attached to an aromatic ring is 1. The molecule has 2 aromatic heterocycles. The monoisotopic (exact) mass is 192 g/mol. The molecule has 0 saturated heterocycles. The Balaban J connectivity index is 2.85. The number of nitrogens with one attached hydrogen (secondary N) is 1. The number of nitrogens with zero attached hydrogens (tertiary/aromatic N) is 2. The molecule has 5 heteroatoms. The molecule has 2 aromatic rings. The van der Waals surface area contributed by atoms with Gasteiger partial charge in [-0.05, 0) is 13.8 Å². The summed E-state index contributed by atoms with van der Waals surface area (Å²) in [6.45, 7) is 4.03. The highest BCUT2D eigenvalue weighted by Gasteiger charge is 2.08. The maximum atomic E-state index is 11.5. The summed E-state index contributed by atoms with van der Waals surface area (Å²) >= 11 is 0. The topological polar surface area (TPSA) is 76.7 Å². The van der Waals surface area contributed by atoms with Crippen molar-refractivity contribution in [3.8, 4) is 0 Å². The number of aromatic nitrogens is 3. The average Bonchev–Trinajstić information content (AvgIpc) is 2.47. The van der Waals surface area contributed by atoms with Crippen LogP contribution in [-0.2, 0) is 0 Å². The van der Waals surface area contributed by atoms with Crippen LogP contribution < -0.4 is 11.2 Å². The Hall–Kier alpha value is -1.78. The van der Waals surface area contributed by atoms with Gasteiger partial charge in [0.1, 0.15) is 11.5 Å². The van der Waals surface area contributed by atoms with Gasteiger partial charge in [0.05, 0.1) is 6.33 Å². The second kappa shape index (κ2) is 2.87. The molecule has 0 aliphatic rings. The van der Waals surface area contributed by atoms with Crippen LogP contribution in [0.5, 0.6) is 0 Å². The third kappa shape index (κ3) is 1.17. The van der Waals surface area contributed by atoms with Crippen LogP contribution in [0.4, 0.5) is 5.82 Å². The van der Waals surface area contributed by atoms with Gasteiger partial charge in [-0.25, -0.2) is 4.98 Å². The first-order valence-electron chi connectivity index (χ1n) is 4.45. The zero-order chi connectivity index (χ0) is 10.3. The van der Waals surface area contributed by atoms with E-state index in [0.29, 0.717) is 17.0 Å². The first kappa shape index (κ1) is 8.80. The summed E-state index contributed by atoms with van der Waals surface area (Å²) in [4.78, 5) is 18.4. The van der Waals surface area contributed by atoms with Crippen molar-refractivity contribution >= 4 is 17.0 Å². The summed E-state index contributed by atoms with van der Waals surface area (Å²) in [7, 11) is 0. The lowest BCUT2D eigenvalue weighted by atomic mass is 10.3. The van der Waals surface area contributed by atoms with Gasteiger partial charge in [0.2, 0.25) is 5.43 Å². The Morgan fingerprint density at radius 1 is 1.57 bits per heavy atom. The second-order valence-corrected chi connectivity index (χ2v) is 3.53. The molecule has 0 aliphatic carbocycles. The Bertz CT molecular complexity index is 523. The lowest BCUT2D eigenvalue weighted by Gasteiger charge is -2.07.